The number of benzene rings is 2. The van der Waals surface area contributed by atoms with Gasteiger partial charge in [-0.1, -0.05) is 12.1 Å². The fraction of sp³-hybridized carbons (Fsp3) is 0.387. The zero-order valence-electron chi connectivity index (χ0n) is 23.1. The van der Waals surface area contributed by atoms with Crippen molar-refractivity contribution in [3.63, 3.8) is 0 Å². The van der Waals surface area contributed by atoms with Gasteiger partial charge in [-0.2, -0.15) is 0 Å². The van der Waals surface area contributed by atoms with Crippen LogP contribution in [0.15, 0.2) is 54.7 Å². The number of pyridine rings is 1. The quantitative estimate of drug-likeness (QED) is 0.328. The van der Waals surface area contributed by atoms with Crippen molar-refractivity contribution in [2.24, 2.45) is 0 Å². The Kier molecular flexibility index (Phi) is 6.93. The molecule has 208 valence electrons. The molecule has 9 nitrogen and oxygen atoms in total. The SMILES string of the molecule is COCCn1c(CN2CCC(c3cccc4c3OC(C)(c3ccc(C)nc3)O4)CC2)nc2ccc(C(=O)O)cc21. The second-order valence-electron chi connectivity index (χ2n) is 10.7. The molecule has 1 fully saturated rings. The van der Waals surface area contributed by atoms with E-state index >= 15 is 0 Å². The van der Waals surface area contributed by atoms with Crippen molar-refractivity contribution in [1.82, 2.24) is 19.4 Å². The van der Waals surface area contributed by atoms with Crippen molar-refractivity contribution < 1.29 is 24.1 Å². The van der Waals surface area contributed by atoms with Crippen LogP contribution in [0.2, 0.25) is 0 Å². The number of carboxylic acid groups (broad SMARTS) is 1. The minimum atomic E-state index is -0.942. The van der Waals surface area contributed by atoms with Gasteiger partial charge in [0, 0.05) is 38.0 Å². The number of aromatic carboxylic acids is 1. The Morgan fingerprint density at radius 2 is 1.98 bits per heavy atom. The summed E-state index contributed by atoms with van der Waals surface area (Å²) in [4.78, 5) is 23.3. The molecular weight excluding hydrogens is 508 g/mol. The third-order valence-electron chi connectivity index (χ3n) is 8.03. The van der Waals surface area contributed by atoms with Crippen molar-refractivity contribution in [3.05, 3.63) is 82.9 Å². The third-order valence-corrected chi connectivity index (χ3v) is 8.03. The number of ether oxygens (including phenoxy) is 3. The molecular formula is C31H34N4O5. The highest BCUT2D eigenvalue weighted by atomic mass is 16.7. The number of hydrogen-bond acceptors (Lipinski definition) is 7. The summed E-state index contributed by atoms with van der Waals surface area (Å²) in [6.07, 6.45) is 3.80. The number of carboxylic acids is 1. The maximum absolute atomic E-state index is 11.5. The molecule has 6 rings (SSSR count). The summed E-state index contributed by atoms with van der Waals surface area (Å²) in [5.74, 6) is 1.05. The maximum Gasteiger partial charge on any atom is 0.335 e. The van der Waals surface area contributed by atoms with E-state index in [4.69, 9.17) is 19.2 Å². The summed E-state index contributed by atoms with van der Waals surface area (Å²) < 4.78 is 20.2. The van der Waals surface area contributed by atoms with Crippen LogP contribution in [-0.4, -0.2) is 57.3 Å². The molecule has 0 bridgehead atoms. The van der Waals surface area contributed by atoms with Gasteiger partial charge in [0.2, 0.25) is 0 Å². The van der Waals surface area contributed by atoms with Crippen molar-refractivity contribution >= 4 is 17.0 Å². The minimum absolute atomic E-state index is 0.259. The topological polar surface area (TPSA) is 98.9 Å². The Morgan fingerprint density at radius 3 is 2.70 bits per heavy atom. The zero-order chi connectivity index (χ0) is 27.9. The number of aryl methyl sites for hydroxylation is 1. The fourth-order valence-electron chi connectivity index (χ4n) is 5.78. The van der Waals surface area contributed by atoms with Crippen LogP contribution in [0.5, 0.6) is 11.5 Å². The van der Waals surface area contributed by atoms with Gasteiger partial charge >= 0.3 is 5.97 Å². The average Bonchev–Trinajstić information content (AvgIpc) is 3.49. The Labute approximate surface area is 233 Å². The number of para-hydroxylation sites is 1. The van der Waals surface area contributed by atoms with Gasteiger partial charge in [0.15, 0.2) is 11.5 Å². The monoisotopic (exact) mass is 542 g/mol. The van der Waals surface area contributed by atoms with Crippen LogP contribution in [0.1, 0.15) is 58.7 Å². The molecule has 0 saturated carbocycles. The first-order valence-electron chi connectivity index (χ1n) is 13.7. The molecule has 9 heteroatoms. The van der Waals surface area contributed by atoms with Gasteiger partial charge in [0.1, 0.15) is 5.82 Å². The summed E-state index contributed by atoms with van der Waals surface area (Å²) in [5.41, 5.74) is 4.92. The van der Waals surface area contributed by atoms with Gasteiger partial charge in [-0.3, -0.25) is 9.88 Å². The molecule has 0 amide bonds. The number of hydrogen-bond donors (Lipinski definition) is 1. The molecule has 1 unspecified atom stereocenters. The lowest BCUT2D eigenvalue weighted by Gasteiger charge is -2.32. The van der Waals surface area contributed by atoms with E-state index in [1.54, 1.807) is 25.3 Å². The Hall–Kier alpha value is -3.95. The van der Waals surface area contributed by atoms with E-state index in [1.807, 2.05) is 44.3 Å². The third kappa shape index (κ3) is 4.91. The summed E-state index contributed by atoms with van der Waals surface area (Å²) in [6.45, 7) is 7.58. The minimum Gasteiger partial charge on any atom is -0.478 e. The van der Waals surface area contributed by atoms with Crippen LogP contribution in [0, 0.1) is 6.92 Å². The summed E-state index contributed by atoms with van der Waals surface area (Å²) >= 11 is 0. The molecule has 2 aromatic heterocycles. The fourth-order valence-corrected chi connectivity index (χ4v) is 5.78. The zero-order valence-corrected chi connectivity index (χ0v) is 23.1. The normalized spacial score (nSPS) is 19.4. The molecule has 1 N–H and O–H groups in total. The molecule has 1 saturated heterocycles. The molecule has 1 atom stereocenters. The lowest BCUT2D eigenvalue weighted by molar-refractivity contribution is -0.0688. The van der Waals surface area contributed by atoms with E-state index in [0.717, 1.165) is 65.5 Å². The molecule has 2 aliphatic rings. The van der Waals surface area contributed by atoms with Crippen LogP contribution < -0.4 is 9.47 Å². The Bertz CT molecular complexity index is 1540. The number of aromatic nitrogens is 3. The van der Waals surface area contributed by atoms with E-state index in [2.05, 4.69) is 20.5 Å². The molecule has 0 aliphatic carbocycles. The van der Waals surface area contributed by atoms with Crippen molar-refractivity contribution in [2.75, 3.05) is 26.8 Å². The number of methoxy groups -OCH3 is 1. The largest absolute Gasteiger partial charge is 0.478 e. The van der Waals surface area contributed by atoms with Crippen LogP contribution in [0.4, 0.5) is 0 Å². The van der Waals surface area contributed by atoms with Gasteiger partial charge in [-0.15, -0.1) is 0 Å². The van der Waals surface area contributed by atoms with E-state index in [-0.39, 0.29) is 5.56 Å². The predicted molar refractivity (Wildman–Crippen MR) is 150 cm³/mol. The number of carbonyl (C=O) groups is 1. The summed E-state index contributed by atoms with van der Waals surface area (Å²) in [6, 6.07) is 15.3. The predicted octanol–water partition coefficient (Wildman–Crippen LogP) is 5.11. The first-order chi connectivity index (χ1) is 19.3. The van der Waals surface area contributed by atoms with Crippen molar-refractivity contribution in [1.29, 1.82) is 0 Å². The van der Waals surface area contributed by atoms with Crippen LogP contribution >= 0.6 is 0 Å². The number of imidazole rings is 1. The highest BCUT2D eigenvalue weighted by Gasteiger charge is 2.41. The molecule has 0 spiro atoms. The Balaban J connectivity index is 1.17. The molecule has 4 aromatic rings. The number of rotatable bonds is 8. The van der Waals surface area contributed by atoms with Gasteiger partial charge < -0.3 is 23.9 Å². The van der Waals surface area contributed by atoms with Crippen LogP contribution in [0.25, 0.3) is 11.0 Å². The van der Waals surface area contributed by atoms with E-state index < -0.39 is 11.8 Å². The molecule has 0 radical (unpaired) electrons. The lowest BCUT2D eigenvalue weighted by Crippen LogP contribution is -2.34. The van der Waals surface area contributed by atoms with Gasteiger partial charge in [-0.25, -0.2) is 9.78 Å². The molecule has 2 aliphatic heterocycles. The first-order valence-corrected chi connectivity index (χ1v) is 13.7. The van der Waals surface area contributed by atoms with Crippen LogP contribution in [0.3, 0.4) is 0 Å². The van der Waals surface area contributed by atoms with Gasteiger partial charge in [0.25, 0.3) is 5.79 Å². The van der Waals surface area contributed by atoms with Gasteiger partial charge in [0.05, 0.1) is 35.3 Å². The van der Waals surface area contributed by atoms with E-state index in [1.165, 1.54) is 5.56 Å². The van der Waals surface area contributed by atoms with E-state index in [0.29, 0.717) is 25.6 Å². The number of fused-ring (bicyclic) bond motifs is 2. The standard InChI is InChI=1S/C31H34N4O5/c1-20-7-9-23(18-32-20)31(2)39-27-6-4-5-24(29(27)40-31)21-11-13-34(14-12-21)19-28-33-25-10-8-22(30(36)37)17-26(25)35(28)15-16-38-3/h4-10,17-18,21H,11-16,19H2,1-3H3,(H,36,37). The Morgan fingerprint density at radius 1 is 1.15 bits per heavy atom. The van der Waals surface area contributed by atoms with Gasteiger partial charge in [-0.05, 0) is 75.2 Å². The number of piperidine rings is 1. The molecule has 40 heavy (non-hydrogen) atoms. The number of likely N-dealkylation sites (tertiary alicyclic amines) is 1. The van der Waals surface area contributed by atoms with Crippen LogP contribution in [-0.2, 0) is 23.6 Å². The maximum atomic E-state index is 11.5. The summed E-state index contributed by atoms with van der Waals surface area (Å²) in [7, 11) is 1.67. The second-order valence-corrected chi connectivity index (χ2v) is 10.7. The number of nitrogens with zero attached hydrogens (tertiary/aromatic N) is 4. The second kappa shape index (κ2) is 10.6. The first kappa shape index (κ1) is 26.3. The van der Waals surface area contributed by atoms with E-state index in [9.17, 15) is 9.90 Å². The highest BCUT2D eigenvalue weighted by Crippen LogP contribution is 2.49. The highest BCUT2D eigenvalue weighted by molar-refractivity contribution is 5.92. The average molecular weight is 543 g/mol. The van der Waals surface area contributed by atoms with Crippen molar-refractivity contribution in [3.8, 4) is 11.5 Å². The summed E-state index contributed by atoms with van der Waals surface area (Å²) in [5, 5.41) is 9.47. The molecule has 2 aromatic carbocycles. The van der Waals surface area contributed by atoms with Crippen molar-refractivity contribution in [2.45, 2.75) is 51.5 Å². The lowest BCUT2D eigenvalue weighted by atomic mass is 9.88. The smallest absolute Gasteiger partial charge is 0.335 e. The molecule has 4 heterocycles.